The number of likely N-dealkylation sites (tertiary alicyclic amines) is 1. The molecule has 1 aromatic heterocycles. The summed E-state index contributed by atoms with van der Waals surface area (Å²) in [4.78, 5) is 6.88. The Kier molecular flexibility index (Phi) is 4.80. The molecule has 1 aromatic rings. The van der Waals surface area contributed by atoms with E-state index in [4.69, 9.17) is 0 Å². The van der Waals surface area contributed by atoms with Crippen LogP contribution < -0.4 is 5.32 Å². The number of nitrogens with one attached hydrogen (secondary N) is 1. The lowest BCUT2D eigenvalue weighted by Gasteiger charge is -2.15. The number of hydrogen-bond acceptors (Lipinski definition) is 3. The molecule has 17 heavy (non-hydrogen) atoms. The third-order valence-corrected chi connectivity index (χ3v) is 4.23. The number of aromatic nitrogens is 1. The van der Waals surface area contributed by atoms with Crippen molar-refractivity contribution in [3.63, 3.8) is 0 Å². The van der Waals surface area contributed by atoms with Crippen LogP contribution in [0.2, 0.25) is 0 Å². The first-order chi connectivity index (χ1) is 8.27. The standard InChI is InChI=1S/C13H20BrN3/c1-11-5-7-16-13(12(11)14)15-6-4-10-17-8-2-3-9-17/h5,7H,2-4,6,8-10H2,1H3,(H,15,16). The van der Waals surface area contributed by atoms with Gasteiger partial charge in [0.2, 0.25) is 0 Å². The number of pyridine rings is 1. The van der Waals surface area contributed by atoms with E-state index in [0.717, 1.165) is 16.8 Å². The summed E-state index contributed by atoms with van der Waals surface area (Å²) in [5.74, 6) is 0.964. The number of rotatable bonds is 5. The molecular weight excluding hydrogens is 278 g/mol. The Morgan fingerprint density at radius 3 is 2.94 bits per heavy atom. The van der Waals surface area contributed by atoms with E-state index >= 15 is 0 Å². The molecule has 3 nitrogen and oxygen atoms in total. The molecule has 0 spiro atoms. The van der Waals surface area contributed by atoms with Gasteiger partial charge in [-0.3, -0.25) is 0 Å². The average molecular weight is 298 g/mol. The van der Waals surface area contributed by atoms with Crippen molar-refractivity contribution in [3.05, 3.63) is 22.3 Å². The fourth-order valence-corrected chi connectivity index (χ4v) is 2.55. The van der Waals surface area contributed by atoms with Crippen molar-refractivity contribution in [1.82, 2.24) is 9.88 Å². The van der Waals surface area contributed by atoms with Crippen LogP contribution in [0.4, 0.5) is 5.82 Å². The van der Waals surface area contributed by atoms with Crippen LogP contribution in [0.15, 0.2) is 16.7 Å². The van der Waals surface area contributed by atoms with E-state index in [1.54, 1.807) is 0 Å². The van der Waals surface area contributed by atoms with E-state index in [9.17, 15) is 0 Å². The summed E-state index contributed by atoms with van der Waals surface area (Å²) in [6, 6.07) is 2.01. The maximum absolute atomic E-state index is 4.34. The Morgan fingerprint density at radius 2 is 2.18 bits per heavy atom. The maximum atomic E-state index is 4.34. The lowest BCUT2D eigenvalue weighted by Crippen LogP contribution is -2.22. The molecule has 0 radical (unpaired) electrons. The number of aryl methyl sites for hydroxylation is 1. The van der Waals surface area contributed by atoms with Gasteiger partial charge in [0.05, 0.1) is 4.47 Å². The third-order valence-electron chi connectivity index (χ3n) is 3.22. The van der Waals surface area contributed by atoms with E-state index in [1.165, 1.54) is 44.5 Å². The summed E-state index contributed by atoms with van der Waals surface area (Å²) in [5.41, 5.74) is 1.22. The zero-order valence-electron chi connectivity index (χ0n) is 10.4. The van der Waals surface area contributed by atoms with Gasteiger partial charge in [-0.15, -0.1) is 0 Å². The highest BCUT2D eigenvalue weighted by Gasteiger charge is 2.10. The topological polar surface area (TPSA) is 28.2 Å². The lowest BCUT2D eigenvalue weighted by molar-refractivity contribution is 0.337. The molecule has 0 aliphatic carbocycles. The second-order valence-corrected chi connectivity index (χ2v) is 5.41. The number of hydrogen-bond donors (Lipinski definition) is 1. The Bertz CT molecular complexity index is 362. The summed E-state index contributed by atoms with van der Waals surface area (Å²) in [6.07, 6.45) is 5.78. The molecule has 2 rings (SSSR count). The molecule has 1 aliphatic heterocycles. The van der Waals surface area contributed by atoms with Crippen LogP contribution in [0.3, 0.4) is 0 Å². The molecule has 0 amide bonds. The lowest BCUT2D eigenvalue weighted by atomic mass is 10.3. The Labute approximate surface area is 112 Å². The van der Waals surface area contributed by atoms with E-state index in [-0.39, 0.29) is 0 Å². The van der Waals surface area contributed by atoms with Gasteiger partial charge < -0.3 is 10.2 Å². The van der Waals surface area contributed by atoms with Gasteiger partial charge in [-0.2, -0.15) is 0 Å². The molecule has 1 fully saturated rings. The molecule has 0 aromatic carbocycles. The fraction of sp³-hybridized carbons (Fsp3) is 0.615. The Balaban J connectivity index is 1.72. The Hall–Kier alpha value is -0.610. The summed E-state index contributed by atoms with van der Waals surface area (Å²) >= 11 is 3.56. The molecule has 0 unspecified atom stereocenters. The molecular formula is C13H20BrN3. The maximum Gasteiger partial charge on any atom is 0.140 e. The van der Waals surface area contributed by atoms with Crippen LogP contribution in [0.25, 0.3) is 0 Å². The van der Waals surface area contributed by atoms with Crippen LogP contribution in [0, 0.1) is 6.92 Å². The van der Waals surface area contributed by atoms with Gasteiger partial charge in [0.15, 0.2) is 0 Å². The predicted octanol–water partition coefficient (Wildman–Crippen LogP) is 3.05. The van der Waals surface area contributed by atoms with Crippen LogP contribution in [-0.4, -0.2) is 36.1 Å². The van der Waals surface area contributed by atoms with Gasteiger partial charge in [0.1, 0.15) is 5.82 Å². The molecule has 0 atom stereocenters. The van der Waals surface area contributed by atoms with Gasteiger partial charge in [0, 0.05) is 12.7 Å². The second kappa shape index (κ2) is 6.36. The zero-order valence-corrected chi connectivity index (χ0v) is 12.0. The smallest absolute Gasteiger partial charge is 0.140 e. The van der Waals surface area contributed by atoms with Gasteiger partial charge in [-0.05, 0) is 73.4 Å². The minimum absolute atomic E-state index is 0.964. The van der Waals surface area contributed by atoms with Crippen molar-refractivity contribution in [2.75, 3.05) is 31.5 Å². The highest BCUT2D eigenvalue weighted by atomic mass is 79.9. The first kappa shape index (κ1) is 12.8. The average Bonchev–Trinajstić information content (AvgIpc) is 2.83. The molecule has 94 valence electrons. The quantitative estimate of drug-likeness (QED) is 0.847. The van der Waals surface area contributed by atoms with E-state index in [0.29, 0.717) is 0 Å². The first-order valence-corrected chi connectivity index (χ1v) is 7.14. The van der Waals surface area contributed by atoms with Crippen molar-refractivity contribution < 1.29 is 0 Å². The highest BCUT2D eigenvalue weighted by molar-refractivity contribution is 9.10. The fourth-order valence-electron chi connectivity index (χ4n) is 2.18. The van der Waals surface area contributed by atoms with Crippen LogP contribution in [0.5, 0.6) is 0 Å². The van der Waals surface area contributed by atoms with E-state index in [2.05, 4.69) is 38.1 Å². The van der Waals surface area contributed by atoms with E-state index in [1.807, 2.05) is 12.3 Å². The van der Waals surface area contributed by atoms with Crippen molar-refractivity contribution in [3.8, 4) is 0 Å². The van der Waals surface area contributed by atoms with Gasteiger partial charge >= 0.3 is 0 Å². The van der Waals surface area contributed by atoms with Gasteiger partial charge in [-0.25, -0.2) is 4.98 Å². The van der Waals surface area contributed by atoms with Crippen LogP contribution in [-0.2, 0) is 0 Å². The molecule has 0 bridgehead atoms. The number of halogens is 1. The summed E-state index contributed by atoms with van der Waals surface area (Å²) in [7, 11) is 0. The monoisotopic (exact) mass is 297 g/mol. The van der Waals surface area contributed by atoms with Gasteiger partial charge in [-0.1, -0.05) is 0 Å². The largest absolute Gasteiger partial charge is 0.369 e. The summed E-state index contributed by atoms with van der Waals surface area (Å²) in [5, 5.41) is 3.39. The normalized spacial score (nSPS) is 16.4. The molecule has 2 heterocycles. The van der Waals surface area contributed by atoms with Crippen molar-refractivity contribution >= 4 is 21.7 Å². The summed E-state index contributed by atoms with van der Waals surface area (Å²) in [6.45, 7) is 6.85. The first-order valence-electron chi connectivity index (χ1n) is 6.35. The molecule has 4 heteroatoms. The minimum atomic E-state index is 0.964. The van der Waals surface area contributed by atoms with Crippen molar-refractivity contribution in [1.29, 1.82) is 0 Å². The zero-order chi connectivity index (χ0) is 12.1. The van der Waals surface area contributed by atoms with Crippen LogP contribution >= 0.6 is 15.9 Å². The van der Waals surface area contributed by atoms with Crippen molar-refractivity contribution in [2.45, 2.75) is 26.2 Å². The molecule has 1 N–H and O–H groups in total. The van der Waals surface area contributed by atoms with Crippen molar-refractivity contribution in [2.24, 2.45) is 0 Å². The van der Waals surface area contributed by atoms with Gasteiger partial charge in [0.25, 0.3) is 0 Å². The predicted molar refractivity (Wildman–Crippen MR) is 75.5 cm³/mol. The number of nitrogens with zero attached hydrogens (tertiary/aromatic N) is 2. The minimum Gasteiger partial charge on any atom is -0.369 e. The summed E-state index contributed by atoms with van der Waals surface area (Å²) < 4.78 is 1.08. The van der Waals surface area contributed by atoms with Crippen LogP contribution in [0.1, 0.15) is 24.8 Å². The second-order valence-electron chi connectivity index (χ2n) is 4.62. The number of anilines is 1. The SMILES string of the molecule is Cc1ccnc(NCCCN2CCCC2)c1Br. The molecule has 1 aliphatic rings. The Morgan fingerprint density at radius 1 is 1.41 bits per heavy atom. The highest BCUT2D eigenvalue weighted by Crippen LogP contribution is 2.23. The molecule has 1 saturated heterocycles. The molecule has 0 saturated carbocycles. The third kappa shape index (κ3) is 3.68. The van der Waals surface area contributed by atoms with E-state index < -0.39 is 0 Å².